The second-order valence-electron chi connectivity index (χ2n) is 3.61. The minimum absolute atomic E-state index is 0.477. The van der Waals surface area contributed by atoms with Crippen molar-refractivity contribution in [1.82, 2.24) is 19.7 Å². The summed E-state index contributed by atoms with van der Waals surface area (Å²) in [6, 6.07) is 3.68. The molecule has 0 radical (unpaired) electrons. The van der Waals surface area contributed by atoms with Crippen LogP contribution in [0.2, 0.25) is 0 Å². The number of aryl methyl sites for hydroxylation is 2. The fourth-order valence-corrected chi connectivity index (χ4v) is 1.54. The van der Waals surface area contributed by atoms with E-state index in [1.165, 1.54) is 0 Å². The lowest BCUT2D eigenvalue weighted by Crippen LogP contribution is -2.06. The second kappa shape index (κ2) is 4.85. The maximum atomic E-state index is 9.86. The molecule has 0 bridgehead atoms. The summed E-state index contributed by atoms with van der Waals surface area (Å²) >= 11 is 0. The van der Waals surface area contributed by atoms with Crippen LogP contribution in [0.1, 0.15) is 24.0 Å². The molecule has 1 N–H and O–H groups in total. The maximum Gasteiger partial charge on any atom is 0.156 e. The lowest BCUT2D eigenvalue weighted by molar-refractivity contribution is 0.157. The monoisotopic (exact) mass is 218 g/mol. The van der Waals surface area contributed by atoms with Crippen LogP contribution in [0.5, 0.6) is 0 Å². The zero-order valence-electron chi connectivity index (χ0n) is 9.11. The summed E-state index contributed by atoms with van der Waals surface area (Å²) in [6.45, 7) is 0. The first kappa shape index (κ1) is 10.8. The van der Waals surface area contributed by atoms with Gasteiger partial charge in [0.15, 0.2) is 5.82 Å². The number of aliphatic hydroxyl groups excluding tert-OH is 1. The molecule has 1 atom stereocenters. The van der Waals surface area contributed by atoms with Gasteiger partial charge in [-0.25, -0.2) is 9.97 Å². The van der Waals surface area contributed by atoms with Crippen molar-refractivity contribution in [2.24, 2.45) is 7.05 Å². The van der Waals surface area contributed by atoms with Crippen molar-refractivity contribution < 1.29 is 5.11 Å². The van der Waals surface area contributed by atoms with Gasteiger partial charge in [0.25, 0.3) is 0 Å². The highest BCUT2D eigenvalue weighted by atomic mass is 16.3. The predicted molar refractivity (Wildman–Crippen MR) is 58.5 cm³/mol. The SMILES string of the molecule is Cn1nccc1CCC(O)c1ncccn1. The van der Waals surface area contributed by atoms with Gasteiger partial charge in [-0.05, 0) is 25.0 Å². The number of aliphatic hydroxyl groups is 1. The summed E-state index contributed by atoms with van der Waals surface area (Å²) in [5.41, 5.74) is 1.09. The molecule has 0 amide bonds. The van der Waals surface area contributed by atoms with Crippen LogP contribution in [-0.4, -0.2) is 24.9 Å². The summed E-state index contributed by atoms with van der Waals surface area (Å²) in [5, 5.41) is 13.9. The van der Waals surface area contributed by atoms with E-state index in [0.717, 1.165) is 12.1 Å². The van der Waals surface area contributed by atoms with E-state index in [4.69, 9.17) is 0 Å². The lowest BCUT2D eigenvalue weighted by Gasteiger charge is -2.08. The van der Waals surface area contributed by atoms with E-state index in [0.29, 0.717) is 12.2 Å². The minimum atomic E-state index is -0.615. The Labute approximate surface area is 93.8 Å². The highest BCUT2D eigenvalue weighted by Gasteiger charge is 2.10. The van der Waals surface area contributed by atoms with Crippen molar-refractivity contribution in [3.63, 3.8) is 0 Å². The van der Waals surface area contributed by atoms with Crippen LogP contribution in [0.3, 0.4) is 0 Å². The van der Waals surface area contributed by atoms with Gasteiger partial charge in [0.05, 0.1) is 0 Å². The van der Waals surface area contributed by atoms with Gasteiger partial charge in [-0.3, -0.25) is 4.68 Å². The normalized spacial score (nSPS) is 12.6. The van der Waals surface area contributed by atoms with Gasteiger partial charge in [-0.2, -0.15) is 5.10 Å². The van der Waals surface area contributed by atoms with E-state index in [2.05, 4.69) is 15.1 Å². The van der Waals surface area contributed by atoms with Gasteiger partial charge in [0, 0.05) is 31.3 Å². The molecule has 0 saturated carbocycles. The summed E-state index contributed by atoms with van der Waals surface area (Å²) in [7, 11) is 1.89. The number of rotatable bonds is 4. The van der Waals surface area contributed by atoms with Crippen molar-refractivity contribution in [3.05, 3.63) is 42.2 Å². The van der Waals surface area contributed by atoms with Gasteiger partial charge in [0.2, 0.25) is 0 Å². The van der Waals surface area contributed by atoms with E-state index >= 15 is 0 Å². The van der Waals surface area contributed by atoms with Crippen molar-refractivity contribution in [1.29, 1.82) is 0 Å². The van der Waals surface area contributed by atoms with E-state index in [9.17, 15) is 5.11 Å². The first-order valence-corrected chi connectivity index (χ1v) is 5.19. The third-order valence-electron chi connectivity index (χ3n) is 2.48. The standard InChI is InChI=1S/C11H14N4O/c1-15-9(5-8-14-15)3-4-10(16)11-12-6-2-7-13-11/h2,5-8,10,16H,3-4H2,1H3. The average molecular weight is 218 g/mol. The van der Waals surface area contributed by atoms with Gasteiger partial charge < -0.3 is 5.11 Å². The zero-order chi connectivity index (χ0) is 11.4. The Morgan fingerprint density at radius 1 is 1.31 bits per heavy atom. The highest BCUT2D eigenvalue weighted by Crippen LogP contribution is 2.14. The van der Waals surface area contributed by atoms with Crippen LogP contribution in [0.25, 0.3) is 0 Å². The summed E-state index contributed by atoms with van der Waals surface area (Å²) in [4.78, 5) is 8.03. The molecule has 2 rings (SSSR count). The van der Waals surface area contributed by atoms with Crippen molar-refractivity contribution in [3.8, 4) is 0 Å². The summed E-state index contributed by atoms with van der Waals surface area (Å²) < 4.78 is 1.80. The molecule has 2 aromatic rings. The molecule has 0 spiro atoms. The second-order valence-corrected chi connectivity index (χ2v) is 3.61. The van der Waals surface area contributed by atoms with Crippen molar-refractivity contribution in [2.45, 2.75) is 18.9 Å². The van der Waals surface area contributed by atoms with Gasteiger partial charge in [-0.15, -0.1) is 0 Å². The van der Waals surface area contributed by atoms with Crippen LogP contribution < -0.4 is 0 Å². The molecule has 0 saturated heterocycles. The van der Waals surface area contributed by atoms with Gasteiger partial charge >= 0.3 is 0 Å². The molecule has 1 unspecified atom stereocenters. The van der Waals surface area contributed by atoms with Crippen LogP contribution in [-0.2, 0) is 13.5 Å². The topological polar surface area (TPSA) is 63.8 Å². The fraction of sp³-hybridized carbons (Fsp3) is 0.364. The van der Waals surface area contributed by atoms with E-state index in [-0.39, 0.29) is 0 Å². The van der Waals surface area contributed by atoms with E-state index < -0.39 is 6.10 Å². The quantitative estimate of drug-likeness (QED) is 0.827. The maximum absolute atomic E-state index is 9.86. The number of hydrogen-bond acceptors (Lipinski definition) is 4. The third kappa shape index (κ3) is 2.43. The fourth-order valence-electron chi connectivity index (χ4n) is 1.54. The predicted octanol–water partition coefficient (Wildman–Crippen LogP) is 0.876. The molecule has 2 heterocycles. The minimum Gasteiger partial charge on any atom is -0.385 e. The molecule has 5 heteroatoms. The highest BCUT2D eigenvalue weighted by molar-refractivity contribution is 5.01. The van der Waals surface area contributed by atoms with Gasteiger partial charge in [-0.1, -0.05) is 0 Å². The lowest BCUT2D eigenvalue weighted by atomic mass is 10.1. The molecule has 0 fully saturated rings. The first-order chi connectivity index (χ1) is 7.77. The number of hydrogen-bond donors (Lipinski definition) is 1. The largest absolute Gasteiger partial charge is 0.385 e. The Morgan fingerprint density at radius 3 is 2.69 bits per heavy atom. The van der Waals surface area contributed by atoms with Crippen LogP contribution in [0.15, 0.2) is 30.7 Å². The molecule has 5 nitrogen and oxygen atoms in total. The Balaban J connectivity index is 1.94. The molecule has 0 aromatic carbocycles. The third-order valence-corrected chi connectivity index (χ3v) is 2.48. The van der Waals surface area contributed by atoms with Crippen molar-refractivity contribution in [2.75, 3.05) is 0 Å². The molecule has 2 aromatic heterocycles. The van der Waals surface area contributed by atoms with Crippen LogP contribution in [0, 0.1) is 0 Å². The number of aromatic nitrogens is 4. The first-order valence-electron chi connectivity index (χ1n) is 5.19. The molecule has 0 aliphatic heterocycles. The molecule has 16 heavy (non-hydrogen) atoms. The molecule has 84 valence electrons. The average Bonchev–Trinajstić information content (AvgIpc) is 2.73. The Kier molecular flexibility index (Phi) is 3.26. The van der Waals surface area contributed by atoms with E-state index in [1.54, 1.807) is 29.3 Å². The van der Waals surface area contributed by atoms with Gasteiger partial charge in [0.1, 0.15) is 6.10 Å². The van der Waals surface area contributed by atoms with Crippen LogP contribution in [0.4, 0.5) is 0 Å². The molecular weight excluding hydrogens is 204 g/mol. The number of nitrogens with zero attached hydrogens (tertiary/aromatic N) is 4. The van der Waals surface area contributed by atoms with Crippen molar-refractivity contribution >= 4 is 0 Å². The Bertz CT molecular complexity index is 440. The molecule has 0 aliphatic rings. The summed E-state index contributed by atoms with van der Waals surface area (Å²) in [6.07, 6.45) is 5.77. The Hall–Kier alpha value is -1.75. The summed E-state index contributed by atoms with van der Waals surface area (Å²) in [5.74, 6) is 0.477. The Morgan fingerprint density at radius 2 is 2.06 bits per heavy atom. The van der Waals surface area contributed by atoms with E-state index in [1.807, 2.05) is 13.1 Å². The molecular formula is C11H14N4O. The molecule has 0 aliphatic carbocycles. The van der Waals surface area contributed by atoms with Crippen LogP contribution >= 0.6 is 0 Å². The smallest absolute Gasteiger partial charge is 0.156 e. The zero-order valence-corrected chi connectivity index (χ0v) is 9.11.